The molecule has 0 aromatic carbocycles. The number of carbonyl (C=O) groups is 7. The van der Waals surface area contributed by atoms with Crippen LogP contribution in [0.4, 0.5) is 0 Å². The summed E-state index contributed by atoms with van der Waals surface area (Å²) in [7, 11) is -4.01. The maximum Gasteiger partial charge on any atom is 0.384 e. The maximum absolute atomic E-state index is 13.3. The number of carbonyl (C=O) groups excluding carboxylic acids is 6. The fraction of sp³-hybridized carbons (Fsp3) is 0.542. The van der Waals surface area contributed by atoms with Crippen LogP contribution in [-0.4, -0.2) is 103 Å². The van der Waals surface area contributed by atoms with Crippen LogP contribution < -0.4 is 5.32 Å². The van der Waals surface area contributed by atoms with Crippen LogP contribution in [0.25, 0.3) is 0 Å². The molecule has 1 aromatic heterocycles. The quantitative estimate of drug-likeness (QED) is 0.166. The zero-order valence-electron chi connectivity index (χ0n) is 22.1. The number of rotatable bonds is 7. The summed E-state index contributed by atoms with van der Waals surface area (Å²) in [6, 6.07) is -2.58. The first-order valence-corrected chi connectivity index (χ1v) is 15.7. The number of nitrogens with zero attached hydrogens (tertiary/aromatic N) is 2. The molecule has 4 fully saturated rings. The smallest absolute Gasteiger partial charge is 0.384 e. The Hall–Kier alpha value is -3.31. The van der Waals surface area contributed by atoms with E-state index in [9.17, 15) is 47.1 Å². The van der Waals surface area contributed by atoms with Crippen molar-refractivity contribution in [1.29, 1.82) is 0 Å². The van der Waals surface area contributed by atoms with Crippen LogP contribution in [0.1, 0.15) is 45.6 Å². The number of ketones is 1. The van der Waals surface area contributed by atoms with Crippen LogP contribution in [-0.2, 0) is 48.1 Å². The first-order chi connectivity index (χ1) is 18.9. The lowest BCUT2D eigenvalue weighted by Crippen LogP contribution is -2.71. The predicted molar refractivity (Wildman–Crippen MR) is 141 cm³/mol. The van der Waals surface area contributed by atoms with Crippen LogP contribution >= 0.6 is 23.1 Å². The van der Waals surface area contributed by atoms with Crippen LogP contribution in [0.5, 0.6) is 0 Å². The summed E-state index contributed by atoms with van der Waals surface area (Å²) in [5, 5.41) is 13.0. The molecule has 5 heterocycles. The summed E-state index contributed by atoms with van der Waals surface area (Å²) in [6.07, 6.45) is -0.328. The summed E-state index contributed by atoms with van der Waals surface area (Å²) in [4.78, 5) is 91.0. The van der Waals surface area contributed by atoms with Crippen molar-refractivity contribution in [2.24, 2.45) is 0 Å². The number of sulfone groups is 1. The summed E-state index contributed by atoms with van der Waals surface area (Å²) in [5.41, 5.74) is 0.103. The zero-order chi connectivity index (χ0) is 30.4. The van der Waals surface area contributed by atoms with E-state index >= 15 is 0 Å². The molecule has 0 radical (unpaired) electrons. The number of β-lactam (4-membered cyclic amide) rings is 2. The molecule has 5 rings (SSSR count). The number of nitrogens with one attached hydrogen (secondary N) is 1. The van der Waals surface area contributed by atoms with E-state index in [4.69, 9.17) is 4.74 Å². The SMILES string of the molecule is CC1(C)S[C@@H]2[C@H](NC(=O)C(C(=O)OC(=O)C(=O)[C@@H]3N4C(=O)C[C@H]4S(=O)(=O)C3(C)C)c3ccsc3)C(=O)N2[C@H]1C(=O)O. The van der Waals surface area contributed by atoms with Crippen molar-refractivity contribution in [3.63, 3.8) is 0 Å². The molecule has 2 N–H and O–H groups in total. The summed E-state index contributed by atoms with van der Waals surface area (Å²) in [5.74, 6) is -9.92. The molecule has 14 nitrogen and oxygen atoms in total. The lowest BCUT2D eigenvalue weighted by Gasteiger charge is -2.43. The van der Waals surface area contributed by atoms with Crippen molar-refractivity contribution in [1.82, 2.24) is 15.1 Å². The van der Waals surface area contributed by atoms with Gasteiger partial charge in [0.2, 0.25) is 17.7 Å². The Morgan fingerprint density at radius 1 is 1.10 bits per heavy atom. The zero-order valence-corrected chi connectivity index (χ0v) is 24.5. The predicted octanol–water partition coefficient (Wildman–Crippen LogP) is -0.764. The molecule has 4 aliphatic heterocycles. The second-order valence-corrected chi connectivity index (χ2v) is 16.4. The van der Waals surface area contributed by atoms with Gasteiger partial charge in [-0.15, -0.1) is 11.8 Å². The Balaban J connectivity index is 1.33. The maximum atomic E-state index is 13.3. The molecule has 6 atom stereocenters. The Morgan fingerprint density at radius 3 is 2.32 bits per heavy atom. The number of ether oxygens (including phenoxy) is 1. The van der Waals surface area contributed by atoms with Crippen molar-refractivity contribution in [2.45, 2.75) is 78.4 Å². The van der Waals surface area contributed by atoms with E-state index in [2.05, 4.69) is 5.32 Å². The van der Waals surface area contributed by atoms with Gasteiger partial charge in [0.15, 0.2) is 15.8 Å². The molecule has 4 aliphatic rings. The van der Waals surface area contributed by atoms with Crippen molar-refractivity contribution in [3.8, 4) is 0 Å². The van der Waals surface area contributed by atoms with Gasteiger partial charge >= 0.3 is 17.9 Å². The van der Waals surface area contributed by atoms with E-state index in [1.165, 1.54) is 37.1 Å². The standard InChI is InChI=1S/C24H25N3O11S3/c1-23(2)16(20(32)33)27-18(31)13(19(27)40-23)25-17(30)12(9-5-6-39-8-9)21(34)38-22(35)14(29)15-24(3,4)41(36,37)11-7-10(28)26(11)15/h5-6,8,11-13,15-16,19H,7H2,1-4H3,(H,25,30)(H,32,33)/t11-,12?,13-,15+,16+,19-/m1/s1. The molecule has 1 unspecified atom stereocenters. The normalized spacial score (nSPS) is 30.8. The molecule has 41 heavy (non-hydrogen) atoms. The van der Waals surface area contributed by atoms with Crippen molar-refractivity contribution in [2.75, 3.05) is 0 Å². The first kappa shape index (κ1) is 29.2. The number of fused-ring (bicyclic) bond motifs is 2. The van der Waals surface area contributed by atoms with Crippen LogP contribution in [0.2, 0.25) is 0 Å². The van der Waals surface area contributed by atoms with Gasteiger partial charge < -0.3 is 25.0 Å². The van der Waals surface area contributed by atoms with E-state index < -0.39 is 95.5 Å². The van der Waals surface area contributed by atoms with E-state index in [-0.39, 0.29) is 12.0 Å². The highest BCUT2D eigenvalue weighted by Gasteiger charge is 2.69. The third-order valence-electron chi connectivity index (χ3n) is 7.97. The van der Waals surface area contributed by atoms with Gasteiger partial charge in [0.1, 0.15) is 28.9 Å². The van der Waals surface area contributed by atoms with Gasteiger partial charge in [-0.2, -0.15) is 11.3 Å². The van der Waals surface area contributed by atoms with Gasteiger partial charge in [-0.05, 0) is 50.1 Å². The number of carboxylic acid groups (broad SMARTS) is 1. The molecule has 0 spiro atoms. The molecular formula is C24H25N3O11S3. The summed E-state index contributed by atoms with van der Waals surface area (Å²) < 4.78 is 27.7. The van der Waals surface area contributed by atoms with E-state index in [1.54, 1.807) is 19.2 Å². The molecule has 0 aliphatic carbocycles. The molecule has 0 saturated carbocycles. The minimum absolute atomic E-state index is 0.103. The second kappa shape index (κ2) is 9.35. The van der Waals surface area contributed by atoms with Gasteiger partial charge in [-0.3, -0.25) is 24.0 Å². The van der Waals surface area contributed by atoms with E-state index in [0.29, 0.717) is 0 Å². The lowest BCUT2D eigenvalue weighted by atomic mass is 9.94. The third kappa shape index (κ3) is 4.11. The van der Waals surface area contributed by atoms with E-state index in [0.717, 1.165) is 21.1 Å². The number of aliphatic carboxylic acids is 1. The molecule has 17 heteroatoms. The van der Waals surface area contributed by atoms with Crippen LogP contribution in [0.3, 0.4) is 0 Å². The van der Waals surface area contributed by atoms with E-state index in [1.807, 2.05) is 0 Å². The highest BCUT2D eigenvalue weighted by molar-refractivity contribution is 8.01. The first-order valence-electron chi connectivity index (χ1n) is 12.3. The van der Waals surface area contributed by atoms with Gasteiger partial charge in [0.25, 0.3) is 5.78 Å². The highest BCUT2D eigenvalue weighted by Crippen LogP contribution is 2.51. The lowest BCUT2D eigenvalue weighted by molar-refractivity contribution is -0.169. The average molecular weight is 628 g/mol. The number of hydrogen-bond donors (Lipinski definition) is 2. The number of Topliss-reactive ketones (excluding diaryl/α,β-unsaturated/α-hetero) is 1. The summed E-state index contributed by atoms with van der Waals surface area (Å²) >= 11 is 2.29. The fourth-order valence-electron chi connectivity index (χ4n) is 5.78. The van der Waals surface area contributed by atoms with Gasteiger partial charge in [-0.1, -0.05) is 0 Å². The minimum Gasteiger partial charge on any atom is -0.480 e. The van der Waals surface area contributed by atoms with Gasteiger partial charge in [-0.25, -0.2) is 18.0 Å². The Morgan fingerprint density at radius 2 is 1.76 bits per heavy atom. The number of esters is 2. The highest BCUT2D eigenvalue weighted by atomic mass is 32.2. The van der Waals surface area contributed by atoms with Crippen molar-refractivity contribution < 1.29 is 51.8 Å². The molecule has 3 amide bonds. The molecular weight excluding hydrogens is 602 g/mol. The average Bonchev–Trinajstić information content (AvgIpc) is 3.50. The number of carboxylic acids is 1. The minimum atomic E-state index is -4.01. The number of thiophene rings is 1. The molecule has 1 aromatic rings. The topological polar surface area (TPSA) is 202 Å². The third-order valence-corrected chi connectivity index (χ3v) is 13.0. The van der Waals surface area contributed by atoms with Gasteiger partial charge in [0.05, 0.1) is 11.2 Å². The van der Waals surface area contributed by atoms with Crippen LogP contribution in [0, 0.1) is 0 Å². The summed E-state index contributed by atoms with van der Waals surface area (Å²) in [6.45, 7) is 5.70. The number of thioether (sulfide) groups is 1. The number of amides is 3. The van der Waals surface area contributed by atoms with Crippen molar-refractivity contribution >= 4 is 74.3 Å². The number of hydrogen-bond acceptors (Lipinski definition) is 12. The van der Waals surface area contributed by atoms with Gasteiger partial charge in [0, 0.05) is 4.75 Å². The fourth-order valence-corrected chi connectivity index (χ4v) is 10.2. The molecule has 220 valence electrons. The van der Waals surface area contributed by atoms with Crippen molar-refractivity contribution in [3.05, 3.63) is 22.4 Å². The Kier molecular flexibility index (Phi) is 6.66. The Labute approximate surface area is 241 Å². The molecule has 4 saturated heterocycles. The monoisotopic (exact) mass is 627 g/mol. The second-order valence-electron chi connectivity index (χ2n) is 11.2. The Bertz CT molecular complexity index is 1520. The molecule has 0 bridgehead atoms. The largest absolute Gasteiger partial charge is 0.480 e. The van der Waals surface area contributed by atoms with Crippen LogP contribution in [0.15, 0.2) is 16.8 Å².